The molecule has 4 nitrogen and oxygen atoms in total. The molecule has 2 aromatic rings. The maximum atomic E-state index is 11.4. The van der Waals surface area contributed by atoms with Crippen LogP contribution < -0.4 is 0 Å². The Bertz CT molecular complexity index is 551. The second-order valence-corrected chi connectivity index (χ2v) is 5.53. The van der Waals surface area contributed by atoms with E-state index in [9.17, 15) is 4.21 Å². The molecule has 84 valence electrons. The number of nitrogens with zero attached hydrogens (tertiary/aromatic N) is 3. The molecular weight excluding hydrogens is 242 g/mol. The van der Waals surface area contributed by atoms with E-state index in [1.165, 1.54) is 11.3 Å². The number of aromatic nitrogens is 3. The number of hydrogen-bond donors (Lipinski definition) is 0. The minimum atomic E-state index is -1.16. The minimum Gasteiger partial charge on any atom is -0.251 e. The Kier molecular flexibility index (Phi) is 3.11. The van der Waals surface area contributed by atoms with E-state index in [0.29, 0.717) is 5.16 Å². The molecule has 2 heterocycles. The number of aryl methyl sites for hydroxylation is 2. The van der Waals surface area contributed by atoms with Crippen LogP contribution in [0.4, 0.5) is 0 Å². The maximum Gasteiger partial charge on any atom is 0.218 e. The molecule has 0 amide bonds. The summed E-state index contributed by atoms with van der Waals surface area (Å²) in [7, 11) is -1.16. The Balaban J connectivity index is 2.58. The van der Waals surface area contributed by atoms with Crippen LogP contribution in [-0.4, -0.2) is 25.4 Å². The normalized spacial score (nSPS) is 12.7. The fourth-order valence-corrected chi connectivity index (χ4v) is 2.60. The van der Waals surface area contributed by atoms with Gasteiger partial charge in [-0.1, -0.05) is 0 Å². The number of thiazole rings is 1. The van der Waals surface area contributed by atoms with E-state index in [2.05, 4.69) is 15.0 Å². The van der Waals surface area contributed by atoms with Gasteiger partial charge in [0.05, 0.1) is 32.6 Å². The summed E-state index contributed by atoms with van der Waals surface area (Å²) in [4.78, 5) is 13.6. The molecule has 0 saturated carbocycles. The van der Waals surface area contributed by atoms with Crippen molar-refractivity contribution in [2.75, 3.05) is 6.26 Å². The van der Waals surface area contributed by atoms with Crippen LogP contribution in [0.15, 0.2) is 16.7 Å². The highest BCUT2D eigenvalue weighted by atomic mass is 32.2. The van der Waals surface area contributed by atoms with Crippen molar-refractivity contribution in [2.45, 2.75) is 19.0 Å². The first-order valence-electron chi connectivity index (χ1n) is 4.67. The summed E-state index contributed by atoms with van der Waals surface area (Å²) in [5.74, 6) is 0. The summed E-state index contributed by atoms with van der Waals surface area (Å²) in [6, 6.07) is 1.89. The van der Waals surface area contributed by atoms with Gasteiger partial charge in [0.25, 0.3) is 0 Å². The summed E-state index contributed by atoms with van der Waals surface area (Å²) < 4.78 is 11.4. The highest BCUT2D eigenvalue weighted by Gasteiger charge is 2.10. The second-order valence-electron chi connectivity index (χ2n) is 3.40. The monoisotopic (exact) mass is 253 g/mol. The van der Waals surface area contributed by atoms with E-state index < -0.39 is 10.8 Å². The number of hydrogen-bond acceptors (Lipinski definition) is 5. The van der Waals surface area contributed by atoms with Crippen LogP contribution in [0.25, 0.3) is 10.6 Å². The Hall–Kier alpha value is -1.14. The summed E-state index contributed by atoms with van der Waals surface area (Å²) in [6.07, 6.45) is 1.58. The number of rotatable bonds is 2. The molecule has 0 spiro atoms. The van der Waals surface area contributed by atoms with Gasteiger partial charge in [-0.05, 0) is 19.9 Å². The molecule has 0 aliphatic heterocycles. The summed E-state index contributed by atoms with van der Waals surface area (Å²) in [5, 5.41) is 0.378. The van der Waals surface area contributed by atoms with Crippen LogP contribution >= 0.6 is 11.3 Å². The zero-order chi connectivity index (χ0) is 11.7. The Morgan fingerprint density at radius 1 is 1.31 bits per heavy atom. The van der Waals surface area contributed by atoms with Gasteiger partial charge in [-0.2, -0.15) is 0 Å². The fraction of sp³-hybridized carbons (Fsp3) is 0.300. The molecule has 0 aliphatic carbocycles. The van der Waals surface area contributed by atoms with Crippen molar-refractivity contribution < 1.29 is 4.21 Å². The van der Waals surface area contributed by atoms with Crippen molar-refractivity contribution in [3.63, 3.8) is 0 Å². The molecule has 0 radical (unpaired) electrons. The lowest BCUT2D eigenvalue weighted by atomic mass is 10.2. The van der Waals surface area contributed by atoms with Gasteiger partial charge < -0.3 is 0 Å². The second kappa shape index (κ2) is 4.39. The van der Waals surface area contributed by atoms with Crippen LogP contribution in [0.3, 0.4) is 0 Å². The smallest absolute Gasteiger partial charge is 0.218 e. The van der Waals surface area contributed by atoms with Gasteiger partial charge in [0.2, 0.25) is 5.16 Å². The molecule has 0 N–H and O–H groups in total. The van der Waals surface area contributed by atoms with Crippen molar-refractivity contribution in [2.24, 2.45) is 0 Å². The van der Waals surface area contributed by atoms with E-state index in [0.717, 1.165) is 22.0 Å². The fourth-order valence-electron chi connectivity index (χ4n) is 1.33. The van der Waals surface area contributed by atoms with Crippen LogP contribution in [0.1, 0.15) is 11.4 Å². The molecular formula is C10H11N3OS2. The van der Waals surface area contributed by atoms with Gasteiger partial charge in [0.15, 0.2) is 0 Å². The maximum absolute atomic E-state index is 11.4. The summed E-state index contributed by atoms with van der Waals surface area (Å²) >= 11 is 1.53. The van der Waals surface area contributed by atoms with E-state index in [-0.39, 0.29) is 0 Å². The van der Waals surface area contributed by atoms with Gasteiger partial charge in [-0.15, -0.1) is 11.3 Å². The van der Waals surface area contributed by atoms with Crippen LogP contribution in [-0.2, 0) is 10.8 Å². The van der Waals surface area contributed by atoms with Gasteiger partial charge in [-0.3, -0.25) is 4.21 Å². The van der Waals surface area contributed by atoms with Crippen LogP contribution in [0, 0.1) is 13.8 Å². The predicted molar refractivity (Wildman–Crippen MR) is 64.9 cm³/mol. The van der Waals surface area contributed by atoms with Crippen molar-refractivity contribution in [1.82, 2.24) is 15.0 Å². The Labute approximate surface area is 100 Å². The first kappa shape index (κ1) is 11.3. The standard InChI is InChI=1S/C10H11N3OS2/c1-6-4-8(9-7(2)11-5-15-9)13-10(12-6)16(3)14/h4-5H,1-3H3. The van der Waals surface area contributed by atoms with E-state index >= 15 is 0 Å². The molecule has 0 saturated heterocycles. The molecule has 1 atom stereocenters. The van der Waals surface area contributed by atoms with Crippen molar-refractivity contribution in [3.8, 4) is 10.6 Å². The molecule has 0 aromatic carbocycles. The first-order chi connectivity index (χ1) is 7.58. The van der Waals surface area contributed by atoms with E-state index in [4.69, 9.17) is 0 Å². The molecule has 0 aliphatic rings. The highest BCUT2D eigenvalue weighted by molar-refractivity contribution is 7.84. The van der Waals surface area contributed by atoms with E-state index in [1.54, 1.807) is 11.8 Å². The van der Waals surface area contributed by atoms with Gasteiger partial charge >= 0.3 is 0 Å². The SMILES string of the molecule is Cc1cc(-c2scnc2C)nc(S(C)=O)n1. The molecule has 1 unspecified atom stereocenters. The minimum absolute atomic E-state index is 0.378. The summed E-state index contributed by atoms with van der Waals surface area (Å²) in [5.41, 5.74) is 4.35. The topological polar surface area (TPSA) is 55.7 Å². The molecule has 6 heteroatoms. The molecule has 0 fully saturated rings. The molecule has 0 bridgehead atoms. The Morgan fingerprint density at radius 2 is 2.06 bits per heavy atom. The van der Waals surface area contributed by atoms with Crippen molar-refractivity contribution in [3.05, 3.63) is 23.0 Å². The average molecular weight is 253 g/mol. The third-order valence-electron chi connectivity index (χ3n) is 2.07. The Morgan fingerprint density at radius 3 is 2.62 bits per heavy atom. The van der Waals surface area contributed by atoms with Crippen molar-refractivity contribution >= 4 is 22.1 Å². The quantitative estimate of drug-likeness (QED) is 0.768. The molecule has 2 aromatic heterocycles. The third-order valence-corrected chi connectivity index (χ3v) is 3.72. The zero-order valence-corrected chi connectivity index (χ0v) is 10.9. The van der Waals surface area contributed by atoms with Gasteiger partial charge in [0.1, 0.15) is 0 Å². The molecule has 16 heavy (non-hydrogen) atoms. The lowest BCUT2D eigenvalue weighted by molar-refractivity contribution is 0.679. The largest absolute Gasteiger partial charge is 0.251 e. The lowest BCUT2D eigenvalue weighted by Gasteiger charge is -2.02. The first-order valence-corrected chi connectivity index (χ1v) is 7.11. The molecule has 2 rings (SSSR count). The van der Waals surface area contributed by atoms with Gasteiger partial charge in [0, 0.05) is 11.9 Å². The highest BCUT2D eigenvalue weighted by Crippen LogP contribution is 2.25. The van der Waals surface area contributed by atoms with Crippen LogP contribution in [0.2, 0.25) is 0 Å². The van der Waals surface area contributed by atoms with Gasteiger partial charge in [-0.25, -0.2) is 15.0 Å². The summed E-state index contributed by atoms with van der Waals surface area (Å²) in [6.45, 7) is 3.81. The average Bonchev–Trinajstić information content (AvgIpc) is 2.63. The predicted octanol–water partition coefficient (Wildman–Crippen LogP) is 1.95. The van der Waals surface area contributed by atoms with E-state index in [1.807, 2.05) is 19.9 Å². The van der Waals surface area contributed by atoms with Crippen LogP contribution in [0.5, 0.6) is 0 Å². The zero-order valence-electron chi connectivity index (χ0n) is 9.22. The lowest BCUT2D eigenvalue weighted by Crippen LogP contribution is -2.00. The third kappa shape index (κ3) is 2.17. The van der Waals surface area contributed by atoms with Crippen molar-refractivity contribution in [1.29, 1.82) is 0 Å².